The van der Waals surface area contributed by atoms with E-state index in [1.807, 2.05) is 6.07 Å². The zero-order chi connectivity index (χ0) is 19.3. The number of halogens is 1. The van der Waals surface area contributed by atoms with Gasteiger partial charge in [0.2, 0.25) is 17.1 Å². The SMILES string of the molecule is CC(C)=CC(=O)N1N=Cc2c(Br)cccc2C12C(=O)c1ccccc1C2=O. The lowest BCUT2D eigenvalue weighted by Gasteiger charge is -2.38. The molecule has 0 N–H and O–H groups in total. The van der Waals surface area contributed by atoms with Gasteiger partial charge >= 0.3 is 0 Å². The van der Waals surface area contributed by atoms with Crippen LogP contribution in [0.15, 0.2) is 63.7 Å². The first kappa shape index (κ1) is 17.5. The fourth-order valence-electron chi connectivity index (χ4n) is 3.64. The molecule has 0 unspecified atom stereocenters. The van der Waals surface area contributed by atoms with E-state index in [-0.39, 0.29) is 0 Å². The minimum atomic E-state index is -1.82. The number of hydrogen-bond acceptors (Lipinski definition) is 4. The van der Waals surface area contributed by atoms with Crippen LogP contribution in [0.1, 0.15) is 45.7 Å². The Hall–Kier alpha value is -2.86. The van der Waals surface area contributed by atoms with E-state index in [0.717, 1.165) is 10.6 Å². The third-order valence-corrected chi connectivity index (χ3v) is 5.45. The third kappa shape index (κ3) is 2.29. The summed E-state index contributed by atoms with van der Waals surface area (Å²) in [6.07, 6.45) is 2.89. The van der Waals surface area contributed by atoms with E-state index >= 15 is 0 Å². The zero-order valence-corrected chi connectivity index (χ0v) is 16.3. The van der Waals surface area contributed by atoms with Crippen molar-refractivity contribution in [3.63, 3.8) is 0 Å². The van der Waals surface area contributed by atoms with Gasteiger partial charge in [0, 0.05) is 32.8 Å². The predicted molar refractivity (Wildman–Crippen MR) is 105 cm³/mol. The van der Waals surface area contributed by atoms with Crippen molar-refractivity contribution in [1.29, 1.82) is 0 Å². The van der Waals surface area contributed by atoms with Crippen LogP contribution in [0.25, 0.3) is 0 Å². The Labute approximate surface area is 164 Å². The Morgan fingerprint density at radius 2 is 1.67 bits per heavy atom. The van der Waals surface area contributed by atoms with Gasteiger partial charge in [0.1, 0.15) is 0 Å². The van der Waals surface area contributed by atoms with E-state index in [0.29, 0.717) is 26.7 Å². The molecule has 27 heavy (non-hydrogen) atoms. The number of hydrogen-bond donors (Lipinski definition) is 0. The smallest absolute Gasteiger partial charge is 0.268 e. The molecule has 1 aliphatic heterocycles. The summed E-state index contributed by atoms with van der Waals surface area (Å²) in [5, 5.41) is 5.27. The molecule has 0 aromatic heterocycles. The highest BCUT2D eigenvalue weighted by atomic mass is 79.9. The van der Waals surface area contributed by atoms with E-state index < -0.39 is 23.0 Å². The molecule has 134 valence electrons. The molecule has 0 atom stereocenters. The van der Waals surface area contributed by atoms with Gasteiger partial charge in [-0.25, -0.2) is 5.01 Å². The van der Waals surface area contributed by atoms with Gasteiger partial charge in [-0.15, -0.1) is 0 Å². The average molecular weight is 423 g/mol. The van der Waals surface area contributed by atoms with Crippen molar-refractivity contribution in [2.75, 3.05) is 0 Å². The molecule has 1 amide bonds. The Balaban J connectivity index is 2.05. The quantitative estimate of drug-likeness (QED) is 0.517. The standard InChI is InChI=1S/C21H15BrN2O3/c1-12(2)10-18(25)24-21(16-8-5-9-17(22)15(16)11-23-24)19(26)13-6-3-4-7-14(13)20(21)27/h3-11H,1-2H3. The number of hydrazone groups is 1. The van der Waals surface area contributed by atoms with Crippen LogP contribution in [0.5, 0.6) is 0 Å². The number of rotatable bonds is 1. The lowest BCUT2D eigenvalue weighted by atomic mass is 9.80. The van der Waals surface area contributed by atoms with Gasteiger partial charge in [-0.1, -0.05) is 57.9 Å². The van der Waals surface area contributed by atoms with Gasteiger partial charge in [0.15, 0.2) is 0 Å². The van der Waals surface area contributed by atoms with Crippen LogP contribution < -0.4 is 0 Å². The number of allylic oxidation sites excluding steroid dienone is 1. The van der Waals surface area contributed by atoms with Crippen molar-refractivity contribution in [2.45, 2.75) is 19.4 Å². The molecule has 1 heterocycles. The lowest BCUT2D eigenvalue weighted by molar-refractivity contribution is -0.130. The van der Waals surface area contributed by atoms with Crippen molar-refractivity contribution in [3.8, 4) is 0 Å². The Morgan fingerprint density at radius 3 is 2.26 bits per heavy atom. The Bertz CT molecular complexity index is 1050. The zero-order valence-electron chi connectivity index (χ0n) is 14.7. The maximum atomic E-state index is 13.5. The van der Waals surface area contributed by atoms with Crippen LogP contribution in [0.2, 0.25) is 0 Å². The van der Waals surface area contributed by atoms with Crippen molar-refractivity contribution >= 4 is 39.6 Å². The van der Waals surface area contributed by atoms with E-state index in [4.69, 9.17) is 0 Å². The molecule has 2 aromatic rings. The largest absolute Gasteiger partial charge is 0.290 e. The number of benzene rings is 2. The molecule has 0 fully saturated rings. The van der Waals surface area contributed by atoms with E-state index in [2.05, 4.69) is 21.0 Å². The van der Waals surface area contributed by atoms with Gasteiger partial charge < -0.3 is 0 Å². The monoisotopic (exact) mass is 422 g/mol. The molecular weight excluding hydrogens is 408 g/mol. The van der Waals surface area contributed by atoms with Crippen molar-refractivity contribution in [1.82, 2.24) is 5.01 Å². The highest BCUT2D eigenvalue weighted by Crippen LogP contribution is 2.46. The maximum Gasteiger partial charge on any atom is 0.268 e. The van der Waals surface area contributed by atoms with Crippen LogP contribution in [0.4, 0.5) is 0 Å². The third-order valence-electron chi connectivity index (χ3n) is 4.76. The molecule has 0 saturated heterocycles. The van der Waals surface area contributed by atoms with Gasteiger partial charge in [-0.2, -0.15) is 5.10 Å². The number of amides is 1. The molecule has 2 aliphatic rings. The fraction of sp³-hybridized carbons (Fsp3) is 0.143. The molecule has 6 heteroatoms. The number of nitrogens with zero attached hydrogens (tertiary/aromatic N) is 2. The first-order valence-corrected chi connectivity index (χ1v) is 9.19. The lowest BCUT2D eigenvalue weighted by Crippen LogP contribution is -2.56. The molecule has 1 spiro atoms. The van der Waals surface area contributed by atoms with E-state index in [1.165, 1.54) is 12.3 Å². The summed E-state index contributed by atoms with van der Waals surface area (Å²) in [6, 6.07) is 11.9. The minimum Gasteiger partial charge on any atom is -0.290 e. The normalized spacial score (nSPS) is 16.3. The molecule has 5 nitrogen and oxygen atoms in total. The second-order valence-electron chi connectivity index (χ2n) is 6.73. The first-order chi connectivity index (χ1) is 12.9. The van der Waals surface area contributed by atoms with Gasteiger partial charge in [0.25, 0.3) is 5.91 Å². The second-order valence-corrected chi connectivity index (χ2v) is 7.59. The van der Waals surface area contributed by atoms with Crippen LogP contribution in [-0.2, 0) is 10.3 Å². The average Bonchev–Trinajstić information content (AvgIpc) is 2.85. The summed E-state index contributed by atoms with van der Waals surface area (Å²) in [4.78, 5) is 40.0. The number of fused-ring (bicyclic) bond motifs is 3. The highest BCUT2D eigenvalue weighted by molar-refractivity contribution is 9.10. The van der Waals surface area contributed by atoms with Gasteiger partial charge in [0.05, 0.1) is 6.21 Å². The van der Waals surface area contributed by atoms with Crippen LogP contribution in [0, 0.1) is 0 Å². The van der Waals surface area contributed by atoms with Crippen LogP contribution in [0.3, 0.4) is 0 Å². The molecule has 0 bridgehead atoms. The van der Waals surface area contributed by atoms with Crippen molar-refractivity contribution in [2.24, 2.45) is 5.10 Å². The molecular formula is C21H15BrN2O3. The number of carbonyl (C=O) groups is 3. The van der Waals surface area contributed by atoms with Gasteiger partial charge in [-0.05, 0) is 19.9 Å². The minimum absolute atomic E-state index is 0.306. The summed E-state index contributed by atoms with van der Waals surface area (Å²) < 4.78 is 0.703. The molecule has 1 aliphatic carbocycles. The topological polar surface area (TPSA) is 66.8 Å². The Kier molecular flexibility index (Phi) is 3.96. The fourth-order valence-corrected chi connectivity index (χ4v) is 4.11. The van der Waals surface area contributed by atoms with Crippen LogP contribution in [-0.4, -0.2) is 28.7 Å². The molecule has 0 radical (unpaired) electrons. The van der Waals surface area contributed by atoms with E-state index in [9.17, 15) is 14.4 Å². The van der Waals surface area contributed by atoms with Gasteiger partial charge in [-0.3, -0.25) is 14.4 Å². The summed E-state index contributed by atoms with van der Waals surface area (Å²) in [5.41, 5.74) is 0.615. The number of carbonyl (C=O) groups excluding carboxylic acids is 3. The highest BCUT2D eigenvalue weighted by Gasteiger charge is 2.61. The van der Waals surface area contributed by atoms with Crippen LogP contribution >= 0.6 is 15.9 Å². The predicted octanol–water partition coefficient (Wildman–Crippen LogP) is 3.87. The summed E-state index contributed by atoms with van der Waals surface area (Å²) >= 11 is 3.46. The summed E-state index contributed by atoms with van der Waals surface area (Å²) in [6.45, 7) is 3.55. The Morgan fingerprint density at radius 1 is 1.04 bits per heavy atom. The van der Waals surface area contributed by atoms with Crippen molar-refractivity contribution < 1.29 is 14.4 Å². The number of ketones is 2. The maximum absolute atomic E-state index is 13.5. The summed E-state index contributed by atoms with van der Waals surface area (Å²) in [7, 11) is 0. The molecule has 0 saturated carbocycles. The van der Waals surface area contributed by atoms with Crippen molar-refractivity contribution in [3.05, 3.63) is 80.8 Å². The van der Waals surface area contributed by atoms with E-state index in [1.54, 1.807) is 50.2 Å². The molecule has 2 aromatic carbocycles. The first-order valence-electron chi connectivity index (χ1n) is 8.39. The molecule has 4 rings (SSSR count). The number of Topliss-reactive ketones (excluding diaryl/α,β-unsaturated/α-hetero) is 2. The summed E-state index contributed by atoms with van der Waals surface area (Å²) in [5.74, 6) is -1.38. The second kappa shape index (κ2) is 6.09.